The zero-order chi connectivity index (χ0) is 15.5. The molecule has 108 valence electrons. The van der Waals surface area contributed by atoms with Crippen LogP contribution in [0.25, 0.3) is 0 Å². The molecule has 7 heteroatoms. The van der Waals surface area contributed by atoms with Gasteiger partial charge in [0.15, 0.2) is 0 Å². The third-order valence-corrected chi connectivity index (χ3v) is 2.73. The molecule has 0 bridgehead atoms. The maximum atomic E-state index is 12.7. The molecule has 0 aliphatic rings. The van der Waals surface area contributed by atoms with Gasteiger partial charge in [0.05, 0.1) is 17.2 Å². The van der Waals surface area contributed by atoms with Gasteiger partial charge in [0.1, 0.15) is 11.6 Å². The lowest BCUT2D eigenvalue weighted by Crippen LogP contribution is -2.09. The number of benzene rings is 1. The van der Waals surface area contributed by atoms with Crippen molar-refractivity contribution in [3.63, 3.8) is 0 Å². The number of nitrogen functional groups attached to an aromatic ring is 1. The van der Waals surface area contributed by atoms with Crippen molar-refractivity contribution in [2.75, 3.05) is 11.1 Å². The Morgan fingerprint density at radius 3 is 2.43 bits per heavy atom. The second-order valence-electron chi connectivity index (χ2n) is 4.33. The zero-order valence-electron chi connectivity index (χ0n) is 10.8. The molecule has 2 aromatic rings. The van der Waals surface area contributed by atoms with Crippen LogP contribution in [0.5, 0.6) is 0 Å². The van der Waals surface area contributed by atoms with Crippen LogP contribution in [-0.4, -0.2) is 4.98 Å². The minimum absolute atomic E-state index is 0.0479. The molecule has 0 aliphatic heterocycles. The zero-order valence-corrected chi connectivity index (χ0v) is 10.8. The van der Waals surface area contributed by atoms with Gasteiger partial charge in [-0.1, -0.05) is 12.1 Å². The molecule has 1 aromatic heterocycles. The fraction of sp³-hybridized carbons (Fsp3) is 0.143. The van der Waals surface area contributed by atoms with E-state index in [0.717, 1.165) is 17.7 Å². The summed E-state index contributed by atoms with van der Waals surface area (Å²) in [6.07, 6.45) is -4.47. The molecule has 2 rings (SSSR count). The highest BCUT2D eigenvalue weighted by molar-refractivity contribution is 5.48. The first-order chi connectivity index (χ1) is 9.88. The molecular formula is C14H11F3N4. The summed E-state index contributed by atoms with van der Waals surface area (Å²) in [7, 11) is 0. The number of rotatable bonds is 3. The van der Waals surface area contributed by atoms with Gasteiger partial charge in [-0.15, -0.1) is 0 Å². The van der Waals surface area contributed by atoms with E-state index in [4.69, 9.17) is 11.0 Å². The van der Waals surface area contributed by atoms with Crippen LogP contribution in [0.4, 0.5) is 24.8 Å². The molecule has 3 N–H and O–H groups in total. The summed E-state index contributed by atoms with van der Waals surface area (Å²) in [4.78, 5) is 3.81. The lowest BCUT2D eigenvalue weighted by molar-refractivity contribution is -0.137. The first-order valence-electron chi connectivity index (χ1n) is 5.96. The van der Waals surface area contributed by atoms with Gasteiger partial charge >= 0.3 is 6.18 Å². The maximum Gasteiger partial charge on any atom is 0.416 e. The molecule has 0 atom stereocenters. The van der Waals surface area contributed by atoms with Crippen molar-refractivity contribution in [2.45, 2.75) is 12.7 Å². The summed E-state index contributed by atoms with van der Waals surface area (Å²) in [5.74, 6) is -0.154. The van der Waals surface area contributed by atoms with E-state index in [-0.39, 0.29) is 18.2 Å². The fourth-order valence-corrected chi connectivity index (χ4v) is 1.70. The summed E-state index contributed by atoms with van der Waals surface area (Å²) >= 11 is 0. The number of nitrogens with one attached hydrogen (secondary N) is 1. The summed E-state index contributed by atoms with van der Waals surface area (Å²) in [6, 6.07) is 10.4. The molecule has 21 heavy (non-hydrogen) atoms. The van der Waals surface area contributed by atoms with Crippen LogP contribution in [0.3, 0.4) is 0 Å². The summed E-state index contributed by atoms with van der Waals surface area (Å²) in [5, 5.41) is 11.5. The molecule has 0 saturated carbocycles. The minimum atomic E-state index is -4.47. The maximum absolute atomic E-state index is 12.7. The summed E-state index contributed by atoms with van der Waals surface area (Å²) < 4.78 is 38.0. The van der Waals surface area contributed by atoms with Gasteiger partial charge in [-0.25, -0.2) is 4.98 Å². The normalized spacial score (nSPS) is 11.0. The number of nitrogens with zero attached hydrogens (tertiary/aromatic N) is 2. The van der Waals surface area contributed by atoms with Gasteiger partial charge in [-0.05, 0) is 29.8 Å². The lowest BCUT2D eigenvalue weighted by atomic mass is 10.1. The topological polar surface area (TPSA) is 74.7 Å². The highest BCUT2D eigenvalue weighted by Crippen LogP contribution is 2.31. The van der Waals surface area contributed by atoms with E-state index in [1.807, 2.05) is 6.07 Å². The molecule has 0 fully saturated rings. The molecule has 1 aromatic carbocycles. The highest BCUT2D eigenvalue weighted by Gasteiger charge is 2.31. The van der Waals surface area contributed by atoms with Crippen molar-refractivity contribution in [1.29, 1.82) is 5.26 Å². The van der Waals surface area contributed by atoms with Crippen molar-refractivity contribution in [1.82, 2.24) is 4.98 Å². The Morgan fingerprint density at radius 1 is 1.19 bits per heavy atom. The Balaban J connectivity index is 2.12. The van der Waals surface area contributed by atoms with Crippen LogP contribution in [0.15, 0.2) is 36.4 Å². The molecule has 0 aliphatic carbocycles. The smallest absolute Gasteiger partial charge is 0.384 e. The molecular weight excluding hydrogens is 281 g/mol. The third-order valence-electron chi connectivity index (χ3n) is 2.73. The number of hydrogen-bond donors (Lipinski definition) is 2. The Kier molecular flexibility index (Phi) is 3.98. The molecule has 0 amide bonds. The van der Waals surface area contributed by atoms with Crippen LogP contribution in [-0.2, 0) is 12.7 Å². The van der Waals surface area contributed by atoms with Crippen molar-refractivity contribution in [3.8, 4) is 6.07 Å². The van der Waals surface area contributed by atoms with Crippen LogP contribution < -0.4 is 11.1 Å². The number of anilines is 2. The van der Waals surface area contributed by atoms with Gasteiger partial charge in [-0.2, -0.15) is 18.4 Å². The summed E-state index contributed by atoms with van der Waals surface area (Å²) in [6.45, 7) is 0.277. The number of aromatic nitrogens is 1. The Morgan fingerprint density at radius 2 is 1.86 bits per heavy atom. The van der Waals surface area contributed by atoms with E-state index < -0.39 is 11.7 Å². The lowest BCUT2D eigenvalue weighted by Gasteiger charge is -2.11. The number of halogens is 3. The largest absolute Gasteiger partial charge is 0.416 e. The molecule has 0 spiro atoms. The minimum Gasteiger partial charge on any atom is -0.384 e. The highest BCUT2D eigenvalue weighted by atomic mass is 19.4. The number of hydrogen-bond acceptors (Lipinski definition) is 4. The van der Waals surface area contributed by atoms with Crippen LogP contribution >= 0.6 is 0 Å². The second kappa shape index (κ2) is 5.71. The number of nitriles is 1. The fourth-order valence-electron chi connectivity index (χ4n) is 1.70. The van der Waals surface area contributed by atoms with E-state index in [1.165, 1.54) is 0 Å². The number of nitrogens with two attached hydrogens (primary N) is 1. The SMILES string of the molecule is N#Cc1ccc(CNc2cc(C(F)(F)F)cc(N)n2)cc1. The van der Waals surface area contributed by atoms with Crippen molar-refractivity contribution in [3.05, 3.63) is 53.1 Å². The van der Waals surface area contributed by atoms with E-state index in [1.54, 1.807) is 24.3 Å². The van der Waals surface area contributed by atoms with Gasteiger partial charge in [0.2, 0.25) is 0 Å². The number of alkyl halides is 3. The average molecular weight is 292 g/mol. The Bertz CT molecular complexity index is 672. The molecule has 0 saturated heterocycles. The Labute approximate surface area is 119 Å². The standard InChI is InChI=1S/C14H11F3N4/c15-14(16,17)11-5-12(19)21-13(6-11)20-8-10-3-1-9(7-18)2-4-10/h1-6H,8H2,(H3,19,20,21). The van der Waals surface area contributed by atoms with Gasteiger partial charge in [0, 0.05) is 6.54 Å². The van der Waals surface area contributed by atoms with E-state index in [9.17, 15) is 13.2 Å². The van der Waals surface area contributed by atoms with Crippen LogP contribution in [0, 0.1) is 11.3 Å². The van der Waals surface area contributed by atoms with Gasteiger partial charge in [0.25, 0.3) is 0 Å². The van der Waals surface area contributed by atoms with Crippen LogP contribution in [0.2, 0.25) is 0 Å². The monoisotopic (exact) mass is 292 g/mol. The first-order valence-corrected chi connectivity index (χ1v) is 5.96. The first kappa shape index (κ1) is 14.7. The molecule has 1 heterocycles. The third kappa shape index (κ3) is 3.86. The number of pyridine rings is 1. The van der Waals surface area contributed by atoms with Crippen molar-refractivity contribution >= 4 is 11.6 Å². The van der Waals surface area contributed by atoms with Crippen LogP contribution in [0.1, 0.15) is 16.7 Å². The van der Waals surface area contributed by atoms with Crippen molar-refractivity contribution in [2.24, 2.45) is 0 Å². The summed E-state index contributed by atoms with van der Waals surface area (Å²) in [5.41, 5.74) is 5.85. The molecule has 0 radical (unpaired) electrons. The van der Waals surface area contributed by atoms with E-state index in [0.29, 0.717) is 5.56 Å². The average Bonchev–Trinajstić information content (AvgIpc) is 2.44. The quantitative estimate of drug-likeness (QED) is 0.911. The van der Waals surface area contributed by atoms with Gasteiger partial charge < -0.3 is 11.1 Å². The molecule has 4 nitrogen and oxygen atoms in total. The predicted molar refractivity (Wildman–Crippen MR) is 72.1 cm³/mol. The Hall–Kier alpha value is -2.75. The molecule has 0 unspecified atom stereocenters. The van der Waals surface area contributed by atoms with Crippen molar-refractivity contribution < 1.29 is 13.2 Å². The van der Waals surface area contributed by atoms with E-state index >= 15 is 0 Å². The second-order valence-corrected chi connectivity index (χ2v) is 4.33. The van der Waals surface area contributed by atoms with E-state index in [2.05, 4.69) is 10.3 Å². The predicted octanol–water partition coefficient (Wildman–Crippen LogP) is 3.17. The van der Waals surface area contributed by atoms with Gasteiger partial charge in [-0.3, -0.25) is 0 Å².